The number of carbonyl (C=O) groups excluding carboxylic acids is 3. The van der Waals surface area contributed by atoms with Crippen LogP contribution in [0.5, 0.6) is 0 Å². The van der Waals surface area contributed by atoms with E-state index in [0.717, 1.165) is 5.56 Å². The van der Waals surface area contributed by atoms with E-state index in [1.165, 1.54) is 24.9 Å². The monoisotopic (exact) mass is 421 g/mol. The molecule has 0 fully saturated rings. The van der Waals surface area contributed by atoms with Crippen LogP contribution in [0.3, 0.4) is 0 Å². The minimum Gasteiger partial charge on any atom is -0.349 e. The lowest BCUT2D eigenvalue weighted by Crippen LogP contribution is -2.38. The van der Waals surface area contributed by atoms with Crippen molar-refractivity contribution in [2.24, 2.45) is 0 Å². The summed E-state index contributed by atoms with van der Waals surface area (Å²) < 4.78 is 0. The van der Waals surface area contributed by atoms with Gasteiger partial charge < -0.3 is 15.5 Å². The van der Waals surface area contributed by atoms with Crippen LogP contribution in [-0.2, 0) is 14.4 Å². The van der Waals surface area contributed by atoms with Crippen molar-refractivity contribution < 1.29 is 14.4 Å². The Morgan fingerprint density at radius 2 is 1.71 bits per heavy atom. The lowest BCUT2D eigenvalue weighted by Gasteiger charge is -2.22. The summed E-state index contributed by atoms with van der Waals surface area (Å²) in [6, 6.07) is 13.5. The minimum absolute atomic E-state index is 0.0418. The van der Waals surface area contributed by atoms with Crippen molar-refractivity contribution in [1.29, 1.82) is 0 Å². The molecule has 0 aliphatic carbocycles. The first-order valence-corrected chi connectivity index (χ1v) is 9.32. The molecule has 0 aliphatic heterocycles. The highest BCUT2D eigenvalue weighted by Crippen LogP contribution is 2.25. The maximum absolute atomic E-state index is 12.6. The van der Waals surface area contributed by atoms with E-state index in [9.17, 15) is 14.4 Å². The zero-order chi connectivity index (χ0) is 20.7. The van der Waals surface area contributed by atoms with Crippen LogP contribution in [0.15, 0.2) is 48.5 Å². The molecule has 2 N–H and O–H groups in total. The first kappa shape index (κ1) is 21.7. The predicted octanol–water partition coefficient (Wildman–Crippen LogP) is 3.66. The highest BCUT2D eigenvalue weighted by molar-refractivity contribution is 6.42. The summed E-state index contributed by atoms with van der Waals surface area (Å²) in [7, 11) is 1.53. The van der Waals surface area contributed by atoms with Crippen molar-refractivity contribution in [3.8, 4) is 0 Å². The number of hydrogen-bond acceptors (Lipinski definition) is 3. The Morgan fingerprint density at radius 1 is 1.04 bits per heavy atom. The fraction of sp³-hybridized carbons (Fsp3) is 0.250. The molecule has 6 nitrogen and oxygen atoms in total. The Bertz CT molecular complexity index is 859. The average Bonchev–Trinajstić information content (AvgIpc) is 2.64. The van der Waals surface area contributed by atoms with E-state index in [-0.39, 0.29) is 30.7 Å². The zero-order valence-corrected chi connectivity index (χ0v) is 17.1. The number of amides is 3. The smallest absolute Gasteiger partial charge is 0.243 e. The topological polar surface area (TPSA) is 78.5 Å². The number of benzene rings is 2. The highest BCUT2D eigenvalue weighted by Gasteiger charge is 2.21. The normalized spacial score (nSPS) is 11.4. The largest absolute Gasteiger partial charge is 0.349 e. The lowest BCUT2D eigenvalue weighted by atomic mass is 10.0. The molecule has 2 aromatic carbocycles. The summed E-state index contributed by atoms with van der Waals surface area (Å²) in [5.74, 6) is -0.876. The van der Waals surface area contributed by atoms with Gasteiger partial charge in [0.05, 0.1) is 29.1 Å². The number of carbonyl (C=O) groups is 3. The van der Waals surface area contributed by atoms with Crippen LogP contribution >= 0.6 is 23.2 Å². The van der Waals surface area contributed by atoms with E-state index >= 15 is 0 Å². The molecule has 148 valence electrons. The Kier molecular flexibility index (Phi) is 7.84. The Balaban J connectivity index is 1.97. The van der Waals surface area contributed by atoms with Crippen molar-refractivity contribution >= 4 is 46.6 Å². The molecule has 2 rings (SSSR count). The van der Waals surface area contributed by atoms with Crippen LogP contribution in [0.1, 0.15) is 24.9 Å². The first-order valence-electron chi connectivity index (χ1n) is 8.57. The summed E-state index contributed by atoms with van der Waals surface area (Å²) in [6.07, 6.45) is 0.0418. The van der Waals surface area contributed by atoms with Crippen molar-refractivity contribution in [2.75, 3.05) is 18.9 Å². The number of anilines is 1. The zero-order valence-electron chi connectivity index (χ0n) is 15.5. The quantitative estimate of drug-likeness (QED) is 0.715. The standard InChI is InChI=1S/C20H21Cl2N3O3/c1-13(26)23-18(14-6-4-3-5-7-14)11-20(28)25(2)12-19(27)24-15-8-9-16(21)17(22)10-15/h3-10,18H,11-12H2,1-2H3,(H,23,26)(H,24,27). The molecular formula is C20H21Cl2N3O3. The van der Waals surface area contributed by atoms with E-state index in [4.69, 9.17) is 23.2 Å². The molecule has 0 radical (unpaired) electrons. The van der Waals surface area contributed by atoms with E-state index in [1.807, 2.05) is 30.3 Å². The second-order valence-corrected chi connectivity index (χ2v) is 7.11. The van der Waals surface area contributed by atoms with Crippen molar-refractivity contribution in [3.05, 3.63) is 64.1 Å². The Labute approximate surface area is 173 Å². The summed E-state index contributed by atoms with van der Waals surface area (Å²) in [5.41, 5.74) is 1.31. The van der Waals surface area contributed by atoms with E-state index in [1.54, 1.807) is 12.1 Å². The van der Waals surface area contributed by atoms with Gasteiger partial charge in [-0.1, -0.05) is 53.5 Å². The Morgan fingerprint density at radius 3 is 2.32 bits per heavy atom. The van der Waals surface area contributed by atoms with Gasteiger partial charge in [-0.3, -0.25) is 14.4 Å². The predicted molar refractivity (Wildman–Crippen MR) is 110 cm³/mol. The second kappa shape index (κ2) is 10.1. The number of hydrogen-bond donors (Lipinski definition) is 2. The molecule has 0 saturated carbocycles. The third-order valence-electron chi connectivity index (χ3n) is 3.97. The van der Waals surface area contributed by atoms with Gasteiger partial charge in [0, 0.05) is 19.7 Å². The molecular weight excluding hydrogens is 401 g/mol. The second-order valence-electron chi connectivity index (χ2n) is 6.29. The number of nitrogens with zero attached hydrogens (tertiary/aromatic N) is 1. The van der Waals surface area contributed by atoms with Gasteiger partial charge in [0.2, 0.25) is 17.7 Å². The summed E-state index contributed by atoms with van der Waals surface area (Å²) in [4.78, 5) is 37.6. The SMILES string of the molecule is CC(=O)NC(CC(=O)N(C)CC(=O)Nc1ccc(Cl)c(Cl)c1)c1ccccc1. The van der Waals surface area contributed by atoms with Crippen molar-refractivity contribution in [3.63, 3.8) is 0 Å². The van der Waals surface area contributed by atoms with Crippen LogP contribution in [0, 0.1) is 0 Å². The molecule has 0 heterocycles. The molecule has 1 atom stereocenters. The molecule has 28 heavy (non-hydrogen) atoms. The molecule has 8 heteroatoms. The van der Waals surface area contributed by atoms with Gasteiger partial charge in [0.25, 0.3) is 0 Å². The van der Waals surface area contributed by atoms with Crippen LogP contribution in [0.4, 0.5) is 5.69 Å². The molecule has 0 aliphatic rings. The van der Waals surface area contributed by atoms with Gasteiger partial charge in [0.1, 0.15) is 0 Å². The minimum atomic E-state index is -0.466. The summed E-state index contributed by atoms with van der Waals surface area (Å²) in [6.45, 7) is 1.26. The van der Waals surface area contributed by atoms with Crippen LogP contribution in [0.25, 0.3) is 0 Å². The Hall–Kier alpha value is -2.57. The molecule has 1 unspecified atom stereocenters. The maximum Gasteiger partial charge on any atom is 0.243 e. The third kappa shape index (κ3) is 6.55. The highest BCUT2D eigenvalue weighted by atomic mass is 35.5. The maximum atomic E-state index is 12.6. The van der Waals surface area contributed by atoms with Crippen molar-refractivity contribution in [1.82, 2.24) is 10.2 Å². The van der Waals surface area contributed by atoms with Crippen LogP contribution in [0.2, 0.25) is 10.0 Å². The van der Waals surface area contributed by atoms with E-state index < -0.39 is 6.04 Å². The lowest BCUT2D eigenvalue weighted by molar-refractivity contribution is -0.134. The number of rotatable bonds is 7. The molecule has 0 aromatic heterocycles. The summed E-state index contributed by atoms with van der Waals surface area (Å²) in [5, 5.41) is 6.15. The van der Waals surface area contributed by atoms with Crippen LogP contribution < -0.4 is 10.6 Å². The van der Waals surface area contributed by atoms with Gasteiger partial charge in [-0.15, -0.1) is 0 Å². The number of nitrogens with one attached hydrogen (secondary N) is 2. The van der Waals surface area contributed by atoms with Gasteiger partial charge in [-0.25, -0.2) is 0 Å². The molecule has 0 spiro atoms. The molecule has 3 amide bonds. The molecule has 2 aromatic rings. The molecule has 0 bridgehead atoms. The summed E-state index contributed by atoms with van der Waals surface area (Å²) >= 11 is 11.8. The van der Waals surface area contributed by atoms with E-state index in [0.29, 0.717) is 15.7 Å². The van der Waals surface area contributed by atoms with Gasteiger partial charge in [-0.05, 0) is 23.8 Å². The fourth-order valence-corrected chi connectivity index (χ4v) is 2.89. The van der Waals surface area contributed by atoms with Crippen LogP contribution in [-0.4, -0.2) is 36.2 Å². The molecule has 0 saturated heterocycles. The van der Waals surface area contributed by atoms with Gasteiger partial charge in [0.15, 0.2) is 0 Å². The third-order valence-corrected chi connectivity index (χ3v) is 4.71. The van der Waals surface area contributed by atoms with Gasteiger partial charge in [-0.2, -0.15) is 0 Å². The average molecular weight is 422 g/mol. The number of likely N-dealkylation sites (N-methyl/N-ethyl adjacent to an activating group) is 1. The van der Waals surface area contributed by atoms with E-state index in [2.05, 4.69) is 10.6 Å². The fourth-order valence-electron chi connectivity index (χ4n) is 2.59. The van der Waals surface area contributed by atoms with Gasteiger partial charge >= 0.3 is 0 Å². The van der Waals surface area contributed by atoms with Crippen molar-refractivity contribution in [2.45, 2.75) is 19.4 Å². The number of halogens is 2. The first-order chi connectivity index (χ1) is 13.3.